The Morgan fingerprint density at radius 2 is 2.13 bits per heavy atom. The van der Waals surface area contributed by atoms with E-state index in [1.165, 1.54) is 6.20 Å². The number of nitrogens with one attached hydrogen (secondary N) is 1. The number of hydrogen-bond acceptors (Lipinski definition) is 8. The van der Waals surface area contributed by atoms with Gasteiger partial charge in [0.25, 0.3) is 5.91 Å². The number of carbonyl (C=O) groups is 1. The Hall–Kier alpha value is -3.01. The first-order chi connectivity index (χ1) is 15.2. The Kier molecular flexibility index (Phi) is 7.08. The summed E-state index contributed by atoms with van der Waals surface area (Å²) in [6.07, 6.45) is 4.81. The van der Waals surface area contributed by atoms with Crippen molar-refractivity contribution in [2.75, 3.05) is 32.8 Å². The van der Waals surface area contributed by atoms with Crippen molar-refractivity contribution >= 4 is 17.5 Å². The molecule has 0 radical (unpaired) electrons. The summed E-state index contributed by atoms with van der Waals surface area (Å²) in [5, 5.41) is 7.26. The van der Waals surface area contributed by atoms with Crippen LogP contribution in [-0.4, -0.2) is 58.8 Å². The molecule has 3 aromatic heterocycles. The lowest BCUT2D eigenvalue weighted by Gasteiger charge is -2.34. The van der Waals surface area contributed by atoms with Crippen LogP contribution in [0.5, 0.6) is 5.75 Å². The van der Waals surface area contributed by atoms with Crippen LogP contribution in [-0.2, 0) is 11.3 Å². The molecule has 31 heavy (non-hydrogen) atoms. The van der Waals surface area contributed by atoms with Gasteiger partial charge in [-0.3, -0.25) is 19.7 Å². The quantitative estimate of drug-likeness (QED) is 0.566. The molecule has 1 aliphatic rings. The maximum atomic E-state index is 12.6. The van der Waals surface area contributed by atoms with Gasteiger partial charge >= 0.3 is 0 Å². The molecule has 4 rings (SSSR count). The minimum atomic E-state index is -0.325. The van der Waals surface area contributed by atoms with Crippen LogP contribution in [0.25, 0.3) is 0 Å². The molecule has 9 nitrogen and oxygen atoms in total. The van der Waals surface area contributed by atoms with Crippen LogP contribution in [0.3, 0.4) is 0 Å². The normalized spacial score (nSPS) is 15.4. The molecule has 162 valence electrons. The molecule has 10 heteroatoms. The molecule has 1 atom stereocenters. The highest BCUT2D eigenvalue weighted by Crippen LogP contribution is 2.20. The van der Waals surface area contributed by atoms with Crippen molar-refractivity contribution in [3.8, 4) is 5.75 Å². The van der Waals surface area contributed by atoms with Gasteiger partial charge in [-0.1, -0.05) is 22.8 Å². The average molecular weight is 444 g/mol. The number of rotatable bonds is 8. The van der Waals surface area contributed by atoms with Crippen molar-refractivity contribution in [2.24, 2.45) is 0 Å². The highest BCUT2D eigenvalue weighted by atomic mass is 35.5. The molecule has 1 amide bonds. The van der Waals surface area contributed by atoms with E-state index in [1.807, 2.05) is 18.2 Å². The van der Waals surface area contributed by atoms with E-state index in [1.54, 1.807) is 24.5 Å². The maximum Gasteiger partial charge on any atom is 0.273 e. The molecule has 1 aliphatic heterocycles. The van der Waals surface area contributed by atoms with Gasteiger partial charge in [-0.15, -0.1) is 0 Å². The number of carbonyl (C=O) groups excluding carboxylic acids is 1. The van der Waals surface area contributed by atoms with E-state index in [2.05, 4.69) is 25.3 Å². The third kappa shape index (κ3) is 5.78. The topological polar surface area (TPSA) is 103 Å². The Morgan fingerprint density at radius 1 is 1.26 bits per heavy atom. The van der Waals surface area contributed by atoms with Gasteiger partial charge in [-0.2, -0.15) is 0 Å². The molecule has 1 unspecified atom stereocenters. The second-order valence-corrected chi connectivity index (χ2v) is 7.37. The van der Waals surface area contributed by atoms with Gasteiger partial charge in [0.2, 0.25) is 0 Å². The fourth-order valence-electron chi connectivity index (χ4n) is 3.28. The predicted molar refractivity (Wildman–Crippen MR) is 112 cm³/mol. The molecule has 1 saturated heterocycles. The fraction of sp³-hybridized carbons (Fsp3) is 0.333. The highest BCUT2D eigenvalue weighted by Gasteiger charge is 2.25. The molecule has 1 N–H and O–H groups in total. The summed E-state index contributed by atoms with van der Waals surface area (Å²) >= 11 is 5.89. The third-order valence-corrected chi connectivity index (χ3v) is 5.03. The molecular weight excluding hydrogens is 422 g/mol. The number of nitrogens with zero attached hydrogens (tertiary/aromatic N) is 4. The first-order valence-electron chi connectivity index (χ1n) is 9.89. The summed E-state index contributed by atoms with van der Waals surface area (Å²) in [4.78, 5) is 23.3. The minimum absolute atomic E-state index is 0.0564. The van der Waals surface area contributed by atoms with Crippen molar-refractivity contribution in [3.63, 3.8) is 0 Å². The van der Waals surface area contributed by atoms with Crippen LogP contribution in [0, 0.1) is 0 Å². The van der Waals surface area contributed by atoms with Gasteiger partial charge in [-0.25, -0.2) is 0 Å². The molecule has 0 bridgehead atoms. The molecule has 0 spiro atoms. The van der Waals surface area contributed by atoms with Crippen LogP contribution in [0.4, 0.5) is 0 Å². The van der Waals surface area contributed by atoms with E-state index >= 15 is 0 Å². The van der Waals surface area contributed by atoms with Crippen LogP contribution in [0.1, 0.15) is 28.0 Å². The lowest BCUT2D eigenvalue weighted by atomic mass is 10.1. The van der Waals surface area contributed by atoms with Crippen molar-refractivity contribution < 1.29 is 18.8 Å². The van der Waals surface area contributed by atoms with Crippen LogP contribution in [0.2, 0.25) is 5.02 Å². The summed E-state index contributed by atoms with van der Waals surface area (Å²) < 4.78 is 16.2. The second kappa shape index (κ2) is 10.3. The van der Waals surface area contributed by atoms with E-state index in [0.717, 1.165) is 18.8 Å². The number of morpholine rings is 1. The summed E-state index contributed by atoms with van der Waals surface area (Å²) in [6, 6.07) is 8.91. The Balaban J connectivity index is 1.35. The predicted octanol–water partition coefficient (Wildman–Crippen LogP) is 2.50. The first kappa shape index (κ1) is 21.2. The lowest BCUT2D eigenvalue weighted by molar-refractivity contribution is 0.0153. The van der Waals surface area contributed by atoms with Crippen molar-refractivity contribution in [3.05, 3.63) is 71.1 Å². The zero-order valence-corrected chi connectivity index (χ0v) is 17.5. The van der Waals surface area contributed by atoms with Crippen molar-refractivity contribution in [2.45, 2.75) is 12.6 Å². The van der Waals surface area contributed by atoms with Gasteiger partial charge in [0.15, 0.2) is 11.5 Å². The monoisotopic (exact) mass is 443 g/mol. The van der Waals surface area contributed by atoms with Crippen LogP contribution >= 0.6 is 11.6 Å². The number of halogens is 1. The van der Waals surface area contributed by atoms with Gasteiger partial charge < -0.3 is 19.3 Å². The highest BCUT2D eigenvalue weighted by molar-refractivity contribution is 6.30. The second-order valence-electron chi connectivity index (χ2n) is 6.93. The number of ether oxygens (including phenoxy) is 2. The fourth-order valence-corrected chi connectivity index (χ4v) is 3.44. The zero-order chi connectivity index (χ0) is 21.5. The maximum absolute atomic E-state index is 12.6. The molecule has 3 aromatic rings. The van der Waals surface area contributed by atoms with E-state index in [4.69, 9.17) is 25.6 Å². The molecule has 0 aromatic carbocycles. The zero-order valence-electron chi connectivity index (χ0n) is 16.7. The van der Waals surface area contributed by atoms with E-state index in [9.17, 15) is 4.79 Å². The molecule has 1 fully saturated rings. The van der Waals surface area contributed by atoms with Crippen molar-refractivity contribution in [1.82, 2.24) is 25.3 Å². The average Bonchev–Trinajstić information content (AvgIpc) is 3.29. The number of amides is 1. The van der Waals surface area contributed by atoms with Gasteiger partial charge in [0, 0.05) is 44.2 Å². The van der Waals surface area contributed by atoms with Gasteiger partial charge in [0.05, 0.1) is 36.2 Å². The van der Waals surface area contributed by atoms with E-state index in [0.29, 0.717) is 36.3 Å². The number of aromatic nitrogens is 3. The molecule has 4 heterocycles. The summed E-state index contributed by atoms with van der Waals surface area (Å²) in [6.45, 7) is 3.37. The number of hydrogen-bond donors (Lipinski definition) is 1. The third-order valence-electron chi connectivity index (χ3n) is 4.82. The first-order valence-corrected chi connectivity index (χ1v) is 10.3. The molecular formula is C21H22ClN5O4. The van der Waals surface area contributed by atoms with E-state index < -0.39 is 0 Å². The van der Waals surface area contributed by atoms with Crippen molar-refractivity contribution in [1.29, 1.82) is 0 Å². The summed E-state index contributed by atoms with van der Waals surface area (Å²) in [5.74, 6) is 0.590. The van der Waals surface area contributed by atoms with Crippen LogP contribution < -0.4 is 10.1 Å². The largest absolute Gasteiger partial charge is 0.484 e. The van der Waals surface area contributed by atoms with Crippen LogP contribution in [0.15, 0.2) is 53.4 Å². The molecule has 0 saturated carbocycles. The molecule has 0 aliphatic carbocycles. The Labute approximate surface area is 184 Å². The SMILES string of the molecule is O=C(NCC(c1ccccn1)N1CCOCC1)c1cc(COc2cncc(Cl)c2)on1. The van der Waals surface area contributed by atoms with Gasteiger partial charge in [0.1, 0.15) is 12.4 Å². The Bertz CT molecular complexity index is 994. The number of pyridine rings is 2. The standard InChI is InChI=1S/C21H22ClN5O4/c22-15-9-16(12-23-11-15)30-14-17-10-19(26-31-17)21(28)25-13-20(18-3-1-2-4-24-18)27-5-7-29-8-6-27/h1-4,9-12,20H,5-8,13-14H2,(H,25,28). The summed E-state index contributed by atoms with van der Waals surface area (Å²) in [5.41, 5.74) is 1.08. The van der Waals surface area contributed by atoms with Gasteiger partial charge in [-0.05, 0) is 12.1 Å². The van der Waals surface area contributed by atoms with E-state index in [-0.39, 0.29) is 24.2 Å². The summed E-state index contributed by atoms with van der Waals surface area (Å²) in [7, 11) is 0. The smallest absolute Gasteiger partial charge is 0.273 e. The Morgan fingerprint density at radius 3 is 2.90 bits per heavy atom. The minimum Gasteiger partial charge on any atom is -0.484 e. The lowest BCUT2D eigenvalue weighted by Crippen LogP contribution is -2.44.